The van der Waals surface area contributed by atoms with Crippen LogP contribution in [0.3, 0.4) is 0 Å². The van der Waals surface area contributed by atoms with Gasteiger partial charge in [-0.05, 0) is 55.3 Å². The fourth-order valence-electron chi connectivity index (χ4n) is 2.72. The van der Waals surface area contributed by atoms with Crippen molar-refractivity contribution in [3.8, 4) is 5.75 Å². The number of nitro benzene ring substituents is 1. The van der Waals surface area contributed by atoms with E-state index in [2.05, 4.69) is 9.71 Å². The molecule has 8 nitrogen and oxygen atoms in total. The number of nitro groups is 1. The van der Waals surface area contributed by atoms with Gasteiger partial charge in [0, 0.05) is 18.3 Å². The predicted molar refractivity (Wildman–Crippen MR) is 113 cm³/mol. The molecule has 10 heteroatoms. The molecule has 0 saturated carbocycles. The normalized spacial score (nSPS) is 11.2. The van der Waals surface area contributed by atoms with Crippen LogP contribution in [0.4, 0.5) is 11.4 Å². The number of nitrogens with zero attached hydrogens (tertiary/aromatic N) is 2. The third-order valence-electron chi connectivity index (χ3n) is 4.39. The number of rotatable bonds is 7. The molecule has 0 aliphatic rings. The molecule has 0 fully saturated rings. The van der Waals surface area contributed by atoms with Crippen molar-refractivity contribution in [2.75, 3.05) is 4.72 Å². The summed E-state index contributed by atoms with van der Waals surface area (Å²) in [4.78, 5) is 14.5. The second kappa shape index (κ2) is 8.68. The fraction of sp³-hybridized carbons (Fsp3) is 0.150. The van der Waals surface area contributed by atoms with Crippen LogP contribution in [-0.2, 0) is 16.6 Å². The zero-order chi connectivity index (χ0) is 21.9. The Kier molecular flexibility index (Phi) is 6.23. The minimum absolute atomic E-state index is 0.166. The van der Waals surface area contributed by atoms with Crippen molar-refractivity contribution < 1.29 is 18.1 Å². The number of hydrogen-bond acceptors (Lipinski definition) is 6. The van der Waals surface area contributed by atoms with E-state index >= 15 is 0 Å². The Morgan fingerprint density at radius 1 is 1.17 bits per heavy atom. The van der Waals surface area contributed by atoms with Gasteiger partial charge in [0.25, 0.3) is 15.7 Å². The quantitative estimate of drug-likeness (QED) is 0.417. The number of hydrogen-bond donors (Lipinski definition) is 1. The maximum atomic E-state index is 12.8. The number of halogens is 1. The molecule has 1 N–H and O–H groups in total. The van der Waals surface area contributed by atoms with Crippen LogP contribution in [0.5, 0.6) is 5.75 Å². The van der Waals surface area contributed by atoms with Crippen LogP contribution < -0.4 is 9.46 Å². The molecule has 0 radical (unpaired) electrons. The van der Waals surface area contributed by atoms with Crippen molar-refractivity contribution in [2.24, 2.45) is 0 Å². The molecular weight excluding hydrogens is 430 g/mol. The largest absolute Gasteiger partial charge is 0.486 e. The summed E-state index contributed by atoms with van der Waals surface area (Å²) in [6.45, 7) is 3.42. The molecule has 0 aliphatic heterocycles. The summed E-state index contributed by atoms with van der Waals surface area (Å²) < 4.78 is 33.7. The fourth-order valence-corrected chi connectivity index (χ4v) is 4.34. The molecule has 1 heterocycles. The van der Waals surface area contributed by atoms with Gasteiger partial charge in [-0.1, -0.05) is 17.7 Å². The molecular formula is C20H18ClN3O5S. The number of anilines is 1. The second-order valence-electron chi connectivity index (χ2n) is 6.50. The molecule has 1 aromatic heterocycles. The lowest BCUT2D eigenvalue weighted by Gasteiger charge is -2.13. The van der Waals surface area contributed by atoms with E-state index in [9.17, 15) is 18.5 Å². The van der Waals surface area contributed by atoms with Crippen molar-refractivity contribution in [1.82, 2.24) is 4.98 Å². The van der Waals surface area contributed by atoms with Gasteiger partial charge in [0.1, 0.15) is 12.4 Å². The second-order valence-corrected chi connectivity index (χ2v) is 8.56. The Bertz CT molecular complexity index is 1200. The van der Waals surface area contributed by atoms with Gasteiger partial charge in [-0.2, -0.15) is 0 Å². The highest BCUT2D eigenvalue weighted by molar-refractivity contribution is 7.92. The summed E-state index contributed by atoms with van der Waals surface area (Å²) in [7, 11) is -4.07. The first-order chi connectivity index (χ1) is 14.2. The van der Waals surface area contributed by atoms with E-state index in [0.29, 0.717) is 16.9 Å². The lowest BCUT2D eigenvalue weighted by molar-refractivity contribution is -0.385. The monoisotopic (exact) mass is 447 g/mol. The zero-order valence-electron chi connectivity index (χ0n) is 16.1. The van der Waals surface area contributed by atoms with Gasteiger partial charge < -0.3 is 4.74 Å². The van der Waals surface area contributed by atoms with Gasteiger partial charge in [0.15, 0.2) is 0 Å². The standard InChI is InChI=1S/C20H18ClN3O5S/c1-13-9-17(24(25)26)11-20(14(13)2)30(27,28)23-15-6-7-19(18(21)10-15)29-12-16-5-3-4-8-22-16/h3-11,23H,12H2,1-2H3. The highest BCUT2D eigenvalue weighted by Crippen LogP contribution is 2.31. The zero-order valence-corrected chi connectivity index (χ0v) is 17.7. The molecule has 2 aromatic carbocycles. The molecule has 3 rings (SSSR count). The van der Waals surface area contributed by atoms with Gasteiger partial charge in [-0.15, -0.1) is 0 Å². The molecule has 0 saturated heterocycles. The minimum Gasteiger partial charge on any atom is -0.486 e. The summed E-state index contributed by atoms with van der Waals surface area (Å²) in [6, 6.07) is 12.2. The topological polar surface area (TPSA) is 111 Å². The lowest BCUT2D eigenvalue weighted by Crippen LogP contribution is -2.15. The van der Waals surface area contributed by atoms with Crippen LogP contribution in [0.2, 0.25) is 5.02 Å². The van der Waals surface area contributed by atoms with Crippen LogP contribution in [0.25, 0.3) is 0 Å². The maximum absolute atomic E-state index is 12.8. The average Bonchev–Trinajstić information content (AvgIpc) is 2.69. The van der Waals surface area contributed by atoms with Gasteiger partial charge in [0.2, 0.25) is 0 Å². The Labute approximate surface area is 178 Å². The highest BCUT2D eigenvalue weighted by atomic mass is 35.5. The number of benzene rings is 2. The average molecular weight is 448 g/mol. The number of sulfonamides is 1. The van der Waals surface area contributed by atoms with Crippen molar-refractivity contribution in [1.29, 1.82) is 0 Å². The summed E-state index contributed by atoms with van der Waals surface area (Å²) in [5.74, 6) is 0.368. The molecule has 0 bridgehead atoms. The molecule has 156 valence electrons. The van der Waals surface area contributed by atoms with Crippen molar-refractivity contribution in [3.05, 3.63) is 86.7 Å². The Balaban J connectivity index is 1.82. The van der Waals surface area contributed by atoms with Crippen molar-refractivity contribution >= 4 is 33.0 Å². The smallest absolute Gasteiger partial charge is 0.271 e. The molecule has 0 amide bonds. The third-order valence-corrected chi connectivity index (χ3v) is 6.19. The number of aromatic nitrogens is 1. The van der Waals surface area contributed by atoms with Gasteiger partial charge in [-0.3, -0.25) is 19.8 Å². The highest BCUT2D eigenvalue weighted by Gasteiger charge is 2.23. The SMILES string of the molecule is Cc1cc([N+](=O)[O-])cc(S(=O)(=O)Nc2ccc(OCc3ccccn3)c(Cl)c2)c1C. The van der Waals surface area contributed by atoms with Crippen LogP contribution in [0.1, 0.15) is 16.8 Å². The molecule has 0 spiro atoms. The Hall–Kier alpha value is -3.17. The van der Waals surface area contributed by atoms with Crippen molar-refractivity contribution in [3.63, 3.8) is 0 Å². The maximum Gasteiger partial charge on any atom is 0.271 e. The molecule has 0 aliphatic carbocycles. The first kappa shape index (κ1) is 21.5. The van der Waals surface area contributed by atoms with E-state index in [1.54, 1.807) is 32.2 Å². The summed E-state index contributed by atoms with van der Waals surface area (Å²) in [5.41, 5.74) is 1.55. The van der Waals surface area contributed by atoms with Gasteiger partial charge in [0.05, 0.1) is 26.2 Å². The molecule has 0 atom stereocenters. The van der Waals surface area contributed by atoms with Gasteiger partial charge >= 0.3 is 0 Å². The molecule has 30 heavy (non-hydrogen) atoms. The summed E-state index contributed by atoms with van der Waals surface area (Å²) in [6.07, 6.45) is 1.65. The van der Waals surface area contributed by atoms with Crippen LogP contribution in [-0.4, -0.2) is 18.3 Å². The predicted octanol–water partition coefficient (Wildman–Crippen LogP) is 4.64. The number of nitrogens with one attached hydrogen (secondary N) is 1. The summed E-state index contributed by atoms with van der Waals surface area (Å²) in [5, 5.41) is 11.3. The van der Waals surface area contributed by atoms with Crippen LogP contribution in [0, 0.1) is 24.0 Å². The van der Waals surface area contributed by atoms with Crippen LogP contribution >= 0.6 is 11.6 Å². The lowest BCUT2D eigenvalue weighted by atomic mass is 10.1. The molecule has 3 aromatic rings. The van der Waals surface area contributed by atoms with E-state index in [-0.39, 0.29) is 27.9 Å². The third kappa shape index (κ3) is 4.87. The van der Waals surface area contributed by atoms with E-state index in [1.165, 1.54) is 24.3 Å². The summed E-state index contributed by atoms with van der Waals surface area (Å²) >= 11 is 6.22. The Morgan fingerprint density at radius 2 is 1.93 bits per heavy atom. The number of aryl methyl sites for hydroxylation is 1. The number of pyridine rings is 1. The van der Waals surface area contributed by atoms with Crippen molar-refractivity contribution in [2.45, 2.75) is 25.3 Å². The van der Waals surface area contributed by atoms with Gasteiger partial charge in [-0.25, -0.2) is 8.42 Å². The Morgan fingerprint density at radius 3 is 2.57 bits per heavy atom. The first-order valence-corrected chi connectivity index (χ1v) is 10.6. The van der Waals surface area contributed by atoms with E-state index < -0.39 is 14.9 Å². The minimum atomic E-state index is -4.07. The van der Waals surface area contributed by atoms with E-state index in [4.69, 9.17) is 16.3 Å². The van der Waals surface area contributed by atoms with E-state index in [0.717, 1.165) is 11.8 Å². The number of non-ortho nitro benzene ring substituents is 1. The van der Waals surface area contributed by atoms with E-state index in [1.807, 2.05) is 6.07 Å². The van der Waals surface area contributed by atoms with Crippen LogP contribution in [0.15, 0.2) is 59.6 Å². The number of ether oxygens (including phenoxy) is 1. The first-order valence-electron chi connectivity index (χ1n) is 8.78. The molecule has 0 unspecified atom stereocenters.